The molecule has 12 heteroatoms. The van der Waals surface area contributed by atoms with Gasteiger partial charge in [-0.1, -0.05) is 0 Å². The molecule has 1 unspecified atom stereocenters. The van der Waals surface area contributed by atoms with E-state index in [-0.39, 0.29) is 0 Å². The Morgan fingerprint density at radius 1 is 1.34 bits per heavy atom. The highest BCUT2D eigenvalue weighted by Gasteiger charge is 2.58. The fourth-order valence-electron chi connectivity index (χ4n) is 2.69. The van der Waals surface area contributed by atoms with Crippen molar-refractivity contribution in [3.63, 3.8) is 0 Å². The minimum Gasteiger partial charge on any atom is -0.444 e. The number of non-ortho nitro benzene ring substituents is 1. The number of hydrogen-bond donors (Lipinski definition) is 1. The smallest absolute Gasteiger partial charge is 0.418 e. The number of alkyl carbamates (subject to hydrolysis) is 1. The van der Waals surface area contributed by atoms with Crippen molar-refractivity contribution >= 4 is 17.6 Å². The standard InChI is InChI=1S/C17H19F4N3O5/c1-15(2,3)29-14(25)22-13-9-28-7-6-16(23-13,17(19,20)21)11-8-10(24(26)27)4-5-12(11)18/h4-5,8H,6-7,9H2,1-3H3,(H,22,23,25). The number of halogens is 4. The van der Waals surface area contributed by atoms with E-state index in [0.717, 1.165) is 6.07 Å². The van der Waals surface area contributed by atoms with Gasteiger partial charge in [-0.15, -0.1) is 0 Å². The third kappa shape index (κ3) is 5.19. The fourth-order valence-corrected chi connectivity index (χ4v) is 2.69. The lowest BCUT2D eigenvalue weighted by atomic mass is 9.86. The zero-order valence-electron chi connectivity index (χ0n) is 15.8. The second kappa shape index (κ2) is 7.93. The van der Waals surface area contributed by atoms with Crippen LogP contribution >= 0.6 is 0 Å². The number of amidine groups is 1. The Bertz CT molecular complexity index is 835. The third-order valence-electron chi connectivity index (χ3n) is 3.89. The Morgan fingerprint density at radius 3 is 2.55 bits per heavy atom. The molecule has 1 amide bonds. The van der Waals surface area contributed by atoms with Gasteiger partial charge in [0.2, 0.25) is 0 Å². The van der Waals surface area contributed by atoms with E-state index in [4.69, 9.17) is 9.47 Å². The number of carbonyl (C=O) groups excluding carboxylic acids is 1. The number of nitro groups is 1. The zero-order chi connectivity index (χ0) is 22.0. The summed E-state index contributed by atoms with van der Waals surface area (Å²) in [6.45, 7) is 3.68. The van der Waals surface area contributed by atoms with E-state index in [9.17, 15) is 32.5 Å². The van der Waals surface area contributed by atoms with Crippen LogP contribution in [-0.2, 0) is 15.0 Å². The van der Waals surface area contributed by atoms with Gasteiger partial charge < -0.3 is 9.47 Å². The number of nitro benzene ring substituents is 1. The van der Waals surface area contributed by atoms with Gasteiger partial charge in [0, 0.05) is 24.1 Å². The Labute approximate surface area is 163 Å². The molecule has 1 aromatic rings. The molecule has 0 saturated heterocycles. The van der Waals surface area contributed by atoms with Crippen LogP contribution in [0.25, 0.3) is 0 Å². The van der Waals surface area contributed by atoms with Crippen LogP contribution < -0.4 is 5.32 Å². The SMILES string of the molecule is CC(C)(C)OC(=O)NC1=NC(c2cc([N+](=O)[O-])ccc2F)(C(F)(F)F)CCOC1. The first-order valence-electron chi connectivity index (χ1n) is 8.43. The minimum atomic E-state index is -5.14. The van der Waals surface area contributed by atoms with Crippen LogP contribution in [0.15, 0.2) is 23.2 Å². The molecular formula is C17H19F4N3O5. The van der Waals surface area contributed by atoms with E-state index >= 15 is 0 Å². The van der Waals surface area contributed by atoms with E-state index in [1.165, 1.54) is 0 Å². The van der Waals surface area contributed by atoms with Crippen molar-refractivity contribution in [3.8, 4) is 0 Å². The van der Waals surface area contributed by atoms with Gasteiger partial charge in [0.25, 0.3) is 5.69 Å². The molecule has 1 N–H and O–H groups in total. The maximum Gasteiger partial charge on any atom is 0.418 e. The van der Waals surface area contributed by atoms with Gasteiger partial charge in [-0.3, -0.25) is 15.4 Å². The minimum absolute atomic E-state index is 0.482. The quantitative estimate of drug-likeness (QED) is 0.444. The van der Waals surface area contributed by atoms with Crippen LogP contribution in [0.4, 0.5) is 28.0 Å². The monoisotopic (exact) mass is 421 g/mol. The number of amides is 1. The highest BCUT2D eigenvalue weighted by Crippen LogP contribution is 2.47. The van der Waals surface area contributed by atoms with Crippen LogP contribution in [0.2, 0.25) is 0 Å². The van der Waals surface area contributed by atoms with Crippen LogP contribution in [0.3, 0.4) is 0 Å². The Balaban J connectivity index is 2.58. The molecule has 1 aromatic carbocycles. The molecule has 0 aromatic heterocycles. The van der Waals surface area contributed by atoms with Crippen LogP contribution in [0.1, 0.15) is 32.8 Å². The van der Waals surface area contributed by atoms with Crippen molar-refractivity contribution in [1.82, 2.24) is 5.32 Å². The van der Waals surface area contributed by atoms with Crippen molar-refractivity contribution in [1.29, 1.82) is 0 Å². The van der Waals surface area contributed by atoms with Gasteiger partial charge in [0.1, 0.15) is 23.9 Å². The first kappa shape index (κ1) is 22.5. The topological polar surface area (TPSA) is 103 Å². The molecule has 8 nitrogen and oxygen atoms in total. The first-order chi connectivity index (χ1) is 13.2. The molecule has 0 aliphatic carbocycles. The molecule has 0 radical (unpaired) electrons. The molecule has 1 heterocycles. The number of benzene rings is 1. The molecular weight excluding hydrogens is 402 g/mol. The summed E-state index contributed by atoms with van der Waals surface area (Å²) < 4.78 is 66.8. The van der Waals surface area contributed by atoms with E-state index in [0.29, 0.717) is 12.1 Å². The summed E-state index contributed by atoms with van der Waals surface area (Å²) in [5.41, 5.74) is -5.88. The van der Waals surface area contributed by atoms with Gasteiger partial charge in [0.15, 0.2) is 5.54 Å². The van der Waals surface area contributed by atoms with Crippen molar-refractivity contribution < 1.29 is 36.8 Å². The molecule has 160 valence electrons. The maximum atomic E-state index is 14.4. The summed E-state index contributed by atoms with van der Waals surface area (Å²) in [6.07, 6.45) is -7.05. The van der Waals surface area contributed by atoms with Gasteiger partial charge in [0.05, 0.1) is 11.5 Å². The summed E-state index contributed by atoms with van der Waals surface area (Å²) in [5, 5.41) is 13.1. The largest absolute Gasteiger partial charge is 0.444 e. The molecule has 0 spiro atoms. The normalized spacial score (nSPS) is 20.4. The van der Waals surface area contributed by atoms with E-state index in [1.807, 2.05) is 0 Å². The summed E-state index contributed by atoms with van der Waals surface area (Å²) in [4.78, 5) is 25.5. The molecule has 0 fully saturated rings. The number of nitrogens with zero attached hydrogens (tertiary/aromatic N) is 2. The average Bonchev–Trinajstić information content (AvgIpc) is 2.76. The van der Waals surface area contributed by atoms with Gasteiger partial charge in [-0.05, 0) is 26.8 Å². The van der Waals surface area contributed by atoms with Crippen LogP contribution in [-0.4, -0.2) is 41.8 Å². The zero-order valence-corrected chi connectivity index (χ0v) is 15.8. The molecule has 2 rings (SSSR count). The summed E-state index contributed by atoms with van der Waals surface area (Å²) >= 11 is 0. The Kier molecular flexibility index (Phi) is 6.16. The van der Waals surface area contributed by atoms with Gasteiger partial charge in [-0.25, -0.2) is 14.2 Å². The van der Waals surface area contributed by atoms with E-state index in [2.05, 4.69) is 10.3 Å². The molecule has 0 saturated carbocycles. The molecule has 0 bridgehead atoms. The maximum absolute atomic E-state index is 14.4. The number of aliphatic imine (C=N–C) groups is 1. The number of carbonyl (C=O) groups is 1. The van der Waals surface area contributed by atoms with Crippen LogP contribution in [0.5, 0.6) is 0 Å². The second-order valence-corrected chi connectivity index (χ2v) is 7.27. The lowest BCUT2D eigenvalue weighted by Gasteiger charge is -2.32. The van der Waals surface area contributed by atoms with Crippen LogP contribution in [0, 0.1) is 15.9 Å². The molecule has 1 aliphatic rings. The second-order valence-electron chi connectivity index (χ2n) is 7.27. The highest BCUT2D eigenvalue weighted by atomic mass is 19.4. The summed E-state index contributed by atoms with van der Waals surface area (Å²) in [5.74, 6) is -1.87. The third-order valence-corrected chi connectivity index (χ3v) is 3.89. The van der Waals surface area contributed by atoms with Crippen molar-refractivity contribution in [2.75, 3.05) is 13.2 Å². The summed E-state index contributed by atoms with van der Waals surface area (Å²) in [7, 11) is 0. The van der Waals surface area contributed by atoms with Crippen molar-refractivity contribution in [2.45, 2.75) is 44.5 Å². The number of nitrogens with one attached hydrogen (secondary N) is 1. The highest BCUT2D eigenvalue weighted by molar-refractivity contribution is 5.96. The average molecular weight is 421 g/mol. The van der Waals surface area contributed by atoms with Crippen molar-refractivity contribution in [2.24, 2.45) is 4.99 Å². The Morgan fingerprint density at radius 2 is 2.00 bits per heavy atom. The lowest BCUT2D eigenvalue weighted by molar-refractivity contribution is -0.385. The van der Waals surface area contributed by atoms with E-state index in [1.54, 1.807) is 20.8 Å². The fraction of sp³-hybridized carbons (Fsp3) is 0.529. The summed E-state index contributed by atoms with van der Waals surface area (Å²) in [6, 6.07) is 1.81. The number of rotatable bonds is 2. The molecule has 29 heavy (non-hydrogen) atoms. The van der Waals surface area contributed by atoms with Gasteiger partial charge in [-0.2, -0.15) is 13.2 Å². The molecule has 1 aliphatic heterocycles. The van der Waals surface area contributed by atoms with Crippen molar-refractivity contribution in [3.05, 3.63) is 39.7 Å². The number of alkyl halides is 3. The lowest BCUT2D eigenvalue weighted by Crippen LogP contribution is -2.45. The van der Waals surface area contributed by atoms with E-state index < -0.39 is 70.9 Å². The number of hydrogen-bond acceptors (Lipinski definition) is 6. The Hall–Kier alpha value is -2.76. The predicted octanol–water partition coefficient (Wildman–Crippen LogP) is 3.84. The van der Waals surface area contributed by atoms with Gasteiger partial charge >= 0.3 is 12.3 Å². The molecule has 1 atom stereocenters. The predicted molar refractivity (Wildman–Crippen MR) is 93.0 cm³/mol. The number of ether oxygens (including phenoxy) is 2. The first-order valence-corrected chi connectivity index (χ1v) is 8.43.